The Hall–Kier alpha value is -0.870. The summed E-state index contributed by atoms with van der Waals surface area (Å²) in [7, 11) is 0. The van der Waals surface area contributed by atoms with E-state index in [9.17, 15) is 0 Å². The van der Waals surface area contributed by atoms with Crippen molar-refractivity contribution in [2.45, 2.75) is 40.2 Å². The Bertz CT molecular complexity index is 297. The smallest absolute Gasteiger partial charge is 0.208 e. The summed E-state index contributed by atoms with van der Waals surface area (Å²) in [5, 5.41) is 3.25. The predicted molar refractivity (Wildman–Crippen MR) is 67.9 cm³/mol. The second kappa shape index (κ2) is 8.25. The van der Waals surface area contributed by atoms with Gasteiger partial charge in [0, 0.05) is 19.6 Å². The van der Waals surface area contributed by atoms with E-state index >= 15 is 0 Å². The molecule has 0 radical (unpaired) electrons. The van der Waals surface area contributed by atoms with Crippen molar-refractivity contribution in [2.24, 2.45) is 5.92 Å². The molecule has 0 bridgehead atoms. The van der Waals surface area contributed by atoms with Crippen LogP contribution < -0.4 is 5.32 Å². The number of rotatable bonds is 9. The number of hydrogen-bond acceptors (Lipinski definition) is 4. The summed E-state index contributed by atoms with van der Waals surface area (Å²) >= 11 is 0. The molecule has 0 aliphatic carbocycles. The Kier molecular flexibility index (Phi) is 6.89. The molecule has 0 saturated heterocycles. The van der Waals surface area contributed by atoms with Crippen molar-refractivity contribution >= 4 is 0 Å². The molecule has 98 valence electrons. The monoisotopic (exact) mass is 240 g/mol. The van der Waals surface area contributed by atoms with Crippen LogP contribution in [-0.2, 0) is 17.7 Å². The Morgan fingerprint density at radius 2 is 2.24 bits per heavy atom. The largest absolute Gasteiger partial charge is 0.444 e. The van der Waals surface area contributed by atoms with Crippen molar-refractivity contribution < 1.29 is 9.15 Å². The molecule has 0 saturated carbocycles. The van der Waals surface area contributed by atoms with Crippen molar-refractivity contribution in [3.05, 3.63) is 17.8 Å². The molecule has 1 N–H and O–H groups in total. The minimum absolute atomic E-state index is 0.674. The van der Waals surface area contributed by atoms with E-state index in [2.05, 4.69) is 31.1 Å². The van der Waals surface area contributed by atoms with E-state index in [1.807, 2.05) is 0 Å². The Balaban J connectivity index is 1.97. The number of nitrogens with zero attached hydrogens (tertiary/aromatic N) is 1. The number of nitrogens with one attached hydrogen (secondary N) is 1. The lowest BCUT2D eigenvalue weighted by atomic mass is 10.1. The van der Waals surface area contributed by atoms with Gasteiger partial charge in [-0.05, 0) is 12.3 Å². The van der Waals surface area contributed by atoms with Crippen LogP contribution in [-0.4, -0.2) is 24.7 Å². The molecule has 0 atom stereocenters. The summed E-state index contributed by atoms with van der Waals surface area (Å²) in [4.78, 5) is 4.17. The normalized spacial score (nSPS) is 11.3. The van der Waals surface area contributed by atoms with Gasteiger partial charge in [-0.1, -0.05) is 20.8 Å². The highest BCUT2D eigenvalue weighted by molar-refractivity contribution is 4.93. The van der Waals surface area contributed by atoms with E-state index in [4.69, 9.17) is 9.15 Å². The summed E-state index contributed by atoms with van der Waals surface area (Å²) in [5.41, 5.74) is 0. The quantitative estimate of drug-likeness (QED) is 0.673. The van der Waals surface area contributed by atoms with Gasteiger partial charge in [0.1, 0.15) is 5.76 Å². The van der Waals surface area contributed by atoms with Gasteiger partial charge in [0.15, 0.2) is 0 Å². The third-order valence-corrected chi connectivity index (χ3v) is 2.49. The molecule has 17 heavy (non-hydrogen) atoms. The molecule has 1 aromatic heterocycles. The van der Waals surface area contributed by atoms with Gasteiger partial charge in [-0.3, -0.25) is 0 Å². The second-order valence-electron chi connectivity index (χ2n) is 4.55. The molecule has 0 aliphatic rings. The van der Waals surface area contributed by atoms with Gasteiger partial charge < -0.3 is 14.5 Å². The Morgan fingerprint density at radius 3 is 2.88 bits per heavy atom. The molecule has 0 amide bonds. The van der Waals surface area contributed by atoms with Crippen LogP contribution in [0.5, 0.6) is 0 Å². The molecule has 4 heteroatoms. The van der Waals surface area contributed by atoms with Crippen LogP contribution in [0.4, 0.5) is 0 Å². The Morgan fingerprint density at radius 1 is 1.41 bits per heavy atom. The fourth-order valence-electron chi connectivity index (χ4n) is 1.35. The summed E-state index contributed by atoms with van der Waals surface area (Å²) in [5.74, 6) is 2.40. The summed E-state index contributed by atoms with van der Waals surface area (Å²) in [6, 6.07) is 0. The molecule has 0 unspecified atom stereocenters. The van der Waals surface area contributed by atoms with Gasteiger partial charge in [0.25, 0.3) is 0 Å². The molecule has 1 heterocycles. The first-order valence-corrected chi connectivity index (χ1v) is 6.44. The highest BCUT2D eigenvalue weighted by atomic mass is 16.5. The van der Waals surface area contributed by atoms with Crippen LogP contribution in [0.3, 0.4) is 0 Å². The molecule has 0 aromatic carbocycles. The van der Waals surface area contributed by atoms with Crippen molar-refractivity contribution in [3.8, 4) is 0 Å². The van der Waals surface area contributed by atoms with Crippen molar-refractivity contribution in [1.82, 2.24) is 10.3 Å². The predicted octanol–water partition coefficient (Wildman–Crippen LogP) is 2.39. The van der Waals surface area contributed by atoms with Crippen LogP contribution in [0.15, 0.2) is 10.6 Å². The zero-order valence-corrected chi connectivity index (χ0v) is 11.2. The fourth-order valence-corrected chi connectivity index (χ4v) is 1.35. The van der Waals surface area contributed by atoms with Gasteiger partial charge in [-0.2, -0.15) is 0 Å². The van der Waals surface area contributed by atoms with Gasteiger partial charge >= 0.3 is 0 Å². The van der Waals surface area contributed by atoms with E-state index in [1.54, 1.807) is 6.20 Å². The molecule has 1 rings (SSSR count). The standard InChI is InChI=1S/C13H24N2O2/c1-4-12-9-15-13(17-12)10-14-6-8-16-7-5-11(2)3/h9,11,14H,4-8,10H2,1-3H3. The molecule has 0 spiro atoms. The zero-order chi connectivity index (χ0) is 12.5. The molecular weight excluding hydrogens is 216 g/mol. The molecule has 4 nitrogen and oxygen atoms in total. The molecule has 0 fully saturated rings. The maximum Gasteiger partial charge on any atom is 0.208 e. The zero-order valence-electron chi connectivity index (χ0n) is 11.2. The SMILES string of the molecule is CCc1cnc(CNCCOCCC(C)C)o1. The van der Waals surface area contributed by atoms with Crippen LogP contribution in [0, 0.1) is 5.92 Å². The number of oxazole rings is 1. The van der Waals surface area contributed by atoms with E-state index in [1.165, 1.54) is 0 Å². The first-order valence-electron chi connectivity index (χ1n) is 6.44. The average Bonchev–Trinajstić information content (AvgIpc) is 2.75. The third kappa shape index (κ3) is 6.44. The van der Waals surface area contributed by atoms with Gasteiger partial charge in [0.2, 0.25) is 5.89 Å². The summed E-state index contributed by atoms with van der Waals surface area (Å²) < 4.78 is 11.0. The maximum atomic E-state index is 5.50. The second-order valence-corrected chi connectivity index (χ2v) is 4.55. The van der Waals surface area contributed by atoms with Gasteiger partial charge in [0.05, 0.1) is 19.3 Å². The minimum Gasteiger partial charge on any atom is -0.444 e. The van der Waals surface area contributed by atoms with Crippen LogP contribution >= 0.6 is 0 Å². The van der Waals surface area contributed by atoms with Crippen LogP contribution in [0.25, 0.3) is 0 Å². The van der Waals surface area contributed by atoms with Crippen molar-refractivity contribution in [2.75, 3.05) is 19.8 Å². The van der Waals surface area contributed by atoms with Crippen LogP contribution in [0.2, 0.25) is 0 Å². The van der Waals surface area contributed by atoms with Crippen molar-refractivity contribution in [3.63, 3.8) is 0 Å². The summed E-state index contributed by atoms with van der Waals surface area (Å²) in [6.45, 7) is 9.56. The lowest BCUT2D eigenvalue weighted by Gasteiger charge is -2.06. The molecular formula is C13H24N2O2. The number of ether oxygens (including phenoxy) is 1. The number of aryl methyl sites for hydroxylation is 1. The van der Waals surface area contributed by atoms with E-state index in [0.29, 0.717) is 12.5 Å². The topological polar surface area (TPSA) is 47.3 Å². The highest BCUT2D eigenvalue weighted by Gasteiger charge is 2.01. The summed E-state index contributed by atoms with van der Waals surface area (Å²) in [6.07, 6.45) is 3.81. The minimum atomic E-state index is 0.674. The van der Waals surface area contributed by atoms with Crippen LogP contribution in [0.1, 0.15) is 38.8 Å². The van der Waals surface area contributed by atoms with Gasteiger partial charge in [-0.15, -0.1) is 0 Å². The van der Waals surface area contributed by atoms with E-state index in [-0.39, 0.29) is 0 Å². The van der Waals surface area contributed by atoms with E-state index in [0.717, 1.165) is 44.3 Å². The maximum absolute atomic E-state index is 5.50. The number of hydrogen-bond donors (Lipinski definition) is 1. The van der Waals surface area contributed by atoms with E-state index < -0.39 is 0 Å². The molecule has 1 aromatic rings. The first-order chi connectivity index (χ1) is 8.22. The van der Waals surface area contributed by atoms with Crippen molar-refractivity contribution in [1.29, 1.82) is 0 Å². The molecule has 0 aliphatic heterocycles. The first kappa shape index (κ1) is 14.2. The lowest BCUT2D eigenvalue weighted by Crippen LogP contribution is -2.19. The average molecular weight is 240 g/mol. The fraction of sp³-hybridized carbons (Fsp3) is 0.769. The highest BCUT2D eigenvalue weighted by Crippen LogP contribution is 2.03. The van der Waals surface area contributed by atoms with Gasteiger partial charge in [-0.25, -0.2) is 4.98 Å². The third-order valence-electron chi connectivity index (χ3n) is 2.49. The Labute approximate surface area is 104 Å². The lowest BCUT2D eigenvalue weighted by molar-refractivity contribution is 0.124. The number of aromatic nitrogens is 1.